The standard InChI is InChI=1S/C11H13NO4S/c13-17(14)4-3-12-6-11(17)8-1-2-9-10(5-8)16-7-15-9/h1-2,5,11-12H,3-4,6-7H2. The van der Waals surface area contributed by atoms with Crippen LogP contribution in [-0.4, -0.2) is 34.1 Å². The summed E-state index contributed by atoms with van der Waals surface area (Å²) in [5.41, 5.74) is 0.765. The number of ether oxygens (including phenoxy) is 2. The maximum Gasteiger partial charge on any atom is 0.231 e. The highest BCUT2D eigenvalue weighted by atomic mass is 32.2. The first-order valence-corrected chi connectivity index (χ1v) is 7.20. The monoisotopic (exact) mass is 255 g/mol. The minimum atomic E-state index is -3.05. The molecule has 2 aliphatic rings. The van der Waals surface area contributed by atoms with E-state index in [1.807, 2.05) is 0 Å². The zero-order valence-electron chi connectivity index (χ0n) is 9.18. The highest BCUT2D eigenvalue weighted by Crippen LogP contribution is 2.36. The first-order chi connectivity index (χ1) is 8.17. The van der Waals surface area contributed by atoms with Crippen molar-refractivity contribution < 1.29 is 17.9 Å². The second-order valence-electron chi connectivity index (χ2n) is 4.17. The molecule has 0 saturated carbocycles. The zero-order chi connectivity index (χ0) is 11.9. The molecule has 0 radical (unpaired) electrons. The molecule has 2 heterocycles. The van der Waals surface area contributed by atoms with E-state index >= 15 is 0 Å². The maximum absolute atomic E-state index is 12.0. The van der Waals surface area contributed by atoms with Crippen LogP contribution in [-0.2, 0) is 9.84 Å². The second kappa shape index (κ2) is 3.89. The van der Waals surface area contributed by atoms with E-state index in [-0.39, 0.29) is 12.5 Å². The van der Waals surface area contributed by atoms with E-state index in [1.54, 1.807) is 18.2 Å². The van der Waals surface area contributed by atoms with Crippen molar-refractivity contribution in [2.45, 2.75) is 5.25 Å². The lowest BCUT2D eigenvalue weighted by Gasteiger charge is -2.23. The lowest BCUT2D eigenvalue weighted by molar-refractivity contribution is 0.174. The third-order valence-electron chi connectivity index (χ3n) is 3.09. The molecule has 1 unspecified atom stereocenters. The second-order valence-corrected chi connectivity index (χ2v) is 6.48. The summed E-state index contributed by atoms with van der Waals surface area (Å²) in [6.45, 7) is 1.19. The smallest absolute Gasteiger partial charge is 0.231 e. The molecule has 5 nitrogen and oxygen atoms in total. The summed E-state index contributed by atoms with van der Waals surface area (Å²) in [7, 11) is -3.05. The molecule has 1 aromatic carbocycles. The van der Waals surface area contributed by atoms with Crippen LogP contribution in [0.3, 0.4) is 0 Å². The van der Waals surface area contributed by atoms with Gasteiger partial charge in [0, 0.05) is 13.1 Å². The average Bonchev–Trinajstić information content (AvgIpc) is 2.75. The minimum Gasteiger partial charge on any atom is -0.454 e. The molecule has 6 heteroatoms. The van der Waals surface area contributed by atoms with Gasteiger partial charge in [-0.15, -0.1) is 0 Å². The molecule has 0 amide bonds. The van der Waals surface area contributed by atoms with Crippen LogP contribution in [0.1, 0.15) is 10.8 Å². The molecular weight excluding hydrogens is 242 g/mol. The number of sulfone groups is 1. The molecule has 1 aromatic rings. The number of benzene rings is 1. The first-order valence-electron chi connectivity index (χ1n) is 5.49. The molecule has 0 aliphatic carbocycles. The predicted octanol–water partition coefficient (Wildman–Crippen LogP) is 0.474. The fourth-order valence-corrected chi connectivity index (χ4v) is 3.80. The van der Waals surface area contributed by atoms with Gasteiger partial charge in [-0.3, -0.25) is 0 Å². The lowest BCUT2D eigenvalue weighted by atomic mass is 10.1. The molecule has 0 bridgehead atoms. The van der Waals surface area contributed by atoms with Crippen LogP contribution in [0.4, 0.5) is 0 Å². The molecule has 17 heavy (non-hydrogen) atoms. The van der Waals surface area contributed by atoms with Crippen molar-refractivity contribution in [2.24, 2.45) is 0 Å². The molecule has 3 rings (SSSR count). The van der Waals surface area contributed by atoms with Crippen LogP contribution in [0.2, 0.25) is 0 Å². The van der Waals surface area contributed by atoms with Gasteiger partial charge >= 0.3 is 0 Å². The van der Waals surface area contributed by atoms with Crippen molar-refractivity contribution in [3.05, 3.63) is 23.8 Å². The van der Waals surface area contributed by atoms with Gasteiger partial charge in [0.15, 0.2) is 21.3 Å². The van der Waals surface area contributed by atoms with Crippen molar-refractivity contribution in [2.75, 3.05) is 25.6 Å². The molecule has 0 spiro atoms. The van der Waals surface area contributed by atoms with E-state index < -0.39 is 15.1 Å². The first kappa shape index (κ1) is 10.9. The Morgan fingerprint density at radius 2 is 2.06 bits per heavy atom. The highest BCUT2D eigenvalue weighted by molar-refractivity contribution is 7.91. The molecule has 1 fully saturated rings. The van der Waals surface area contributed by atoms with Gasteiger partial charge in [-0.2, -0.15) is 0 Å². The van der Waals surface area contributed by atoms with E-state index in [0.717, 1.165) is 5.56 Å². The van der Waals surface area contributed by atoms with Gasteiger partial charge in [-0.25, -0.2) is 8.42 Å². The van der Waals surface area contributed by atoms with Crippen molar-refractivity contribution in [1.82, 2.24) is 5.32 Å². The van der Waals surface area contributed by atoms with Crippen molar-refractivity contribution in [1.29, 1.82) is 0 Å². The highest BCUT2D eigenvalue weighted by Gasteiger charge is 2.31. The third kappa shape index (κ3) is 1.87. The average molecular weight is 255 g/mol. The summed E-state index contributed by atoms with van der Waals surface area (Å²) in [6.07, 6.45) is 0. The number of nitrogens with one attached hydrogen (secondary N) is 1. The number of hydrogen-bond donors (Lipinski definition) is 1. The topological polar surface area (TPSA) is 64.6 Å². The minimum absolute atomic E-state index is 0.187. The Bertz CT molecular complexity index is 540. The Labute approximate surface area is 99.6 Å². The van der Waals surface area contributed by atoms with Gasteiger partial charge in [-0.05, 0) is 17.7 Å². The molecule has 2 aliphatic heterocycles. The molecule has 92 valence electrons. The Kier molecular flexibility index (Phi) is 2.48. The lowest BCUT2D eigenvalue weighted by Crippen LogP contribution is -2.38. The summed E-state index contributed by atoms with van der Waals surface area (Å²) in [5.74, 6) is 1.49. The van der Waals surface area contributed by atoms with Crippen LogP contribution < -0.4 is 14.8 Å². The molecule has 1 saturated heterocycles. The summed E-state index contributed by atoms with van der Waals surface area (Å²) in [6, 6.07) is 5.32. The van der Waals surface area contributed by atoms with Crippen molar-refractivity contribution in [3.63, 3.8) is 0 Å². The third-order valence-corrected chi connectivity index (χ3v) is 5.17. The summed E-state index contributed by atoms with van der Waals surface area (Å²) >= 11 is 0. The predicted molar refractivity (Wildman–Crippen MR) is 62.0 cm³/mol. The molecule has 1 N–H and O–H groups in total. The number of hydrogen-bond acceptors (Lipinski definition) is 5. The zero-order valence-corrected chi connectivity index (χ0v) is 10.00. The molecule has 0 aromatic heterocycles. The normalized spacial score (nSPS) is 25.8. The van der Waals surface area contributed by atoms with Crippen LogP contribution in [0.25, 0.3) is 0 Å². The van der Waals surface area contributed by atoms with Crippen LogP contribution in [0, 0.1) is 0 Å². The van der Waals surface area contributed by atoms with E-state index in [1.165, 1.54) is 0 Å². The Hall–Kier alpha value is -1.27. The van der Waals surface area contributed by atoms with Gasteiger partial charge < -0.3 is 14.8 Å². The number of fused-ring (bicyclic) bond motifs is 1. The molecule has 1 atom stereocenters. The van der Waals surface area contributed by atoms with Crippen LogP contribution in [0.5, 0.6) is 11.5 Å². The largest absolute Gasteiger partial charge is 0.454 e. The maximum atomic E-state index is 12.0. The summed E-state index contributed by atoms with van der Waals surface area (Å²) in [4.78, 5) is 0. The van der Waals surface area contributed by atoms with E-state index in [0.29, 0.717) is 24.6 Å². The Balaban J connectivity index is 1.98. The van der Waals surface area contributed by atoms with Gasteiger partial charge in [0.2, 0.25) is 6.79 Å². The molecular formula is C11H13NO4S. The SMILES string of the molecule is O=S1(=O)CCNCC1c1ccc2c(c1)OCO2. The Morgan fingerprint density at radius 3 is 2.88 bits per heavy atom. The van der Waals surface area contributed by atoms with Crippen LogP contribution in [0.15, 0.2) is 18.2 Å². The van der Waals surface area contributed by atoms with Gasteiger partial charge in [0.1, 0.15) is 0 Å². The van der Waals surface area contributed by atoms with E-state index in [9.17, 15) is 8.42 Å². The quantitative estimate of drug-likeness (QED) is 0.790. The van der Waals surface area contributed by atoms with Crippen molar-refractivity contribution in [3.8, 4) is 11.5 Å². The van der Waals surface area contributed by atoms with E-state index in [4.69, 9.17) is 9.47 Å². The van der Waals surface area contributed by atoms with Gasteiger partial charge in [0.25, 0.3) is 0 Å². The van der Waals surface area contributed by atoms with Gasteiger partial charge in [-0.1, -0.05) is 6.07 Å². The summed E-state index contributed by atoms with van der Waals surface area (Å²) in [5, 5.41) is 2.62. The fraction of sp³-hybridized carbons (Fsp3) is 0.455. The summed E-state index contributed by atoms with van der Waals surface area (Å²) < 4.78 is 34.4. The number of rotatable bonds is 1. The van der Waals surface area contributed by atoms with Crippen molar-refractivity contribution >= 4 is 9.84 Å². The van der Waals surface area contributed by atoms with Crippen LogP contribution >= 0.6 is 0 Å². The van der Waals surface area contributed by atoms with E-state index in [2.05, 4.69) is 5.32 Å². The van der Waals surface area contributed by atoms with Gasteiger partial charge in [0.05, 0.1) is 11.0 Å². The fourth-order valence-electron chi connectivity index (χ4n) is 2.16. The Morgan fingerprint density at radius 1 is 1.24 bits per heavy atom.